The molecular formula is C25H29N7O3. The van der Waals surface area contributed by atoms with Gasteiger partial charge in [-0.2, -0.15) is 0 Å². The van der Waals surface area contributed by atoms with Gasteiger partial charge in [0.1, 0.15) is 22.9 Å². The van der Waals surface area contributed by atoms with Gasteiger partial charge in [0.05, 0.1) is 11.9 Å². The van der Waals surface area contributed by atoms with E-state index in [2.05, 4.69) is 39.8 Å². The highest BCUT2D eigenvalue weighted by molar-refractivity contribution is 6.05. The van der Waals surface area contributed by atoms with Gasteiger partial charge in [-0.1, -0.05) is 13.8 Å². The summed E-state index contributed by atoms with van der Waals surface area (Å²) in [6, 6.07) is 7.23. The zero-order valence-electron chi connectivity index (χ0n) is 19.9. The molecule has 0 atom stereocenters. The van der Waals surface area contributed by atoms with Crippen LogP contribution in [0.1, 0.15) is 53.2 Å². The van der Waals surface area contributed by atoms with Crippen molar-refractivity contribution in [1.82, 2.24) is 19.9 Å². The Hall–Kier alpha value is -3.79. The Morgan fingerprint density at radius 3 is 2.86 bits per heavy atom. The standard InChI is InChI=1S/C25H29N7O3/c1-25(2)13-28-24(34)20-10-15-3-4-19(31-22(15)32(20)14-25)23(33)30-18-9-16(11-26)21(27-12-18)29-17-5-7-35-8-6-17/h3-4,9-12,17,26H,5-8,13-14H2,1-2H3,(H,27,29)(H,28,34)(H,30,33). The van der Waals surface area contributed by atoms with Crippen LogP contribution in [0.2, 0.25) is 0 Å². The number of hydrogen-bond donors (Lipinski definition) is 4. The maximum Gasteiger partial charge on any atom is 0.274 e. The van der Waals surface area contributed by atoms with E-state index in [1.54, 1.807) is 24.4 Å². The number of amides is 2. The van der Waals surface area contributed by atoms with Crippen molar-refractivity contribution in [2.75, 3.05) is 30.4 Å². The van der Waals surface area contributed by atoms with Crippen molar-refractivity contribution in [3.8, 4) is 0 Å². The molecule has 1 saturated heterocycles. The molecule has 5 heterocycles. The van der Waals surface area contributed by atoms with E-state index in [4.69, 9.17) is 10.1 Å². The van der Waals surface area contributed by atoms with Crippen LogP contribution < -0.4 is 16.0 Å². The summed E-state index contributed by atoms with van der Waals surface area (Å²) in [4.78, 5) is 34.6. The third kappa shape index (κ3) is 4.74. The molecule has 0 unspecified atom stereocenters. The van der Waals surface area contributed by atoms with Gasteiger partial charge >= 0.3 is 0 Å². The summed E-state index contributed by atoms with van der Waals surface area (Å²) in [7, 11) is 0. The van der Waals surface area contributed by atoms with E-state index in [0.717, 1.165) is 18.2 Å². The third-order valence-corrected chi connectivity index (χ3v) is 6.42. The maximum atomic E-state index is 13.0. The van der Waals surface area contributed by atoms with Gasteiger partial charge in [0.15, 0.2) is 0 Å². The van der Waals surface area contributed by atoms with Gasteiger partial charge in [0.2, 0.25) is 0 Å². The average molecular weight is 476 g/mol. The number of rotatable bonds is 5. The zero-order valence-corrected chi connectivity index (χ0v) is 19.9. The molecule has 4 N–H and O–H groups in total. The van der Waals surface area contributed by atoms with Crippen molar-refractivity contribution in [2.24, 2.45) is 5.41 Å². The average Bonchev–Trinajstić information content (AvgIpc) is 3.15. The van der Waals surface area contributed by atoms with Crippen LogP contribution in [0.15, 0.2) is 30.5 Å². The van der Waals surface area contributed by atoms with Gasteiger partial charge in [-0.05, 0) is 37.1 Å². The van der Waals surface area contributed by atoms with Crippen molar-refractivity contribution in [1.29, 1.82) is 5.41 Å². The number of nitrogens with zero attached hydrogens (tertiary/aromatic N) is 3. The first kappa shape index (κ1) is 23.0. The Kier molecular flexibility index (Phi) is 5.98. The van der Waals surface area contributed by atoms with E-state index in [1.165, 1.54) is 6.21 Å². The van der Waals surface area contributed by atoms with Crippen molar-refractivity contribution in [2.45, 2.75) is 39.3 Å². The predicted molar refractivity (Wildman–Crippen MR) is 133 cm³/mol. The summed E-state index contributed by atoms with van der Waals surface area (Å²) in [5.74, 6) is 0.0862. The predicted octanol–water partition coefficient (Wildman–Crippen LogP) is 3.04. The fourth-order valence-corrected chi connectivity index (χ4v) is 4.51. The van der Waals surface area contributed by atoms with Gasteiger partial charge < -0.3 is 30.7 Å². The second-order valence-electron chi connectivity index (χ2n) is 9.86. The molecular weight excluding hydrogens is 446 g/mol. The minimum atomic E-state index is -0.386. The summed E-state index contributed by atoms with van der Waals surface area (Å²) >= 11 is 0. The second-order valence-corrected chi connectivity index (χ2v) is 9.86. The van der Waals surface area contributed by atoms with Crippen LogP contribution in [-0.2, 0) is 11.3 Å². The molecule has 0 spiro atoms. The topological polar surface area (TPSA) is 134 Å². The molecule has 1 fully saturated rings. The Morgan fingerprint density at radius 1 is 1.29 bits per heavy atom. The van der Waals surface area contributed by atoms with Crippen molar-refractivity contribution < 1.29 is 14.3 Å². The molecule has 0 aliphatic carbocycles. The molecule has 0 aromatic carbocycles. The molecule has 5 rings (SSSR count). The Bertz CT molecular complexity index is 1310. The minimum Gasteiger partial charge on any atom is -0.381 e. The number of aromatic nitrogens is 3. The van der Waals surface area contributed by atoms with Gasteiger partial charge in [-0.3, -0.25) is 9.59 Å². The van der Waals surface area contributed by atoms with E-state index in [1.807, 2.05) is 10.6 Å². The summed E-state index contributed by atoms with van der Waals surface area (Å²) in [5.41, 5.74) is 2.30. The van der Waals surface area contributed by atoms with E-state index in [9.17, 15) is 9.59 Å². The van der Waals surface area contributed by atoms with Crippen LogP contribution in [0.4, 0.5) is 11.5 Å². The smallest absolute Gasteiger partial charge is 0.274 e. The van der Waals surface area contributed by atoms with E-state index in [0.29, 0.717) is 54.7 Å². The SMILES string of the molecule is CC1(C)CNC(=O)c2cc3ccc(C(=O)Nc4cnc(NC5CCOCC5)c(C=N)c4)nc3n2C1. The van der Waals surface area contributed by atoms with Gasteiger partial charge in [-0.15, -0.1) is 0 Å². The molecule has 10 heteroatoms. The quantitative estimate of drug-likeness (QED) is 0.419. The number of carbonyl (C=O) groups excluding carboxylic acids is 2. The first-order valence-corrected chi connectivity index (χ1v) is 11.8. The first-order valence-electron chi connectivity index (χ1n) is 11.8. The summed E-state index contributed by atoms with van der Waals surface area (Å²) in [6.45, 7) is 6.75. The lowest BCUT2D eigenvalue weighted by Gasteiger charge is -2.24. The molecule has 35 heavy (non-hydrogen) atoms. The van der Waals surface area contributed by atoms with E-state index >= 15 is 0 Å². The zero-order chi connectivity index (χ0) is 24.6. The van der Waals surface area contributed by atoms with Crippen LogP contribution in [0.3, 0.4) is 0 Å². The first-order chi connectivity index (χ1) is 16.8. The third-order valence-electron chi connectivity index (χ3n) is 6.42. The highest BCUT2D eigenvalue weighted by Crippen LogP contribution is 2.27. The Balaban J connectivity index is 1.38. The fourth-order valence-electron chi connectivity index (χ4n) is 4.51. The van der Waals surface area contributed by atoms with E-state index < -0.39 is 0 Å². The Morgan fingerprint density at radius 2 is 2.09 bits per heavy atom. The number of hydrogen-bond acceptors (Lipinski definition) is 7. The molecule has 2 aliphatic heterocycles. The molecule has 2 aliphatic rings. The monoisotopic (exact) mass is 475 g/mol. The molecule has 3 aromatic heterocycles. The van der Waals surface area contributed by atoms with Crippen LogP contribution in [0.5, 0.6) is 0 Å². The normalized spacial score (nSPS) is 17.8. The van der Waals surface area contributed by atoms with Crippen molar-refractivity contribution in [3.05, 3.63) is 47.4 Å². The van der Waals surface area contributed by atoms with Crippen LogP contribution in [0.25, 0.3) is 11.0 Å². The lowest BCUT2D eigenvalue weighted by Crippen LogP contribution is -2.31. The fraction of sp³-hybridized carbons (Fsp3) is 0.400. The number of fused-ring (bicyclic) bond motifs is 3. The van der Waals surface area contributed by atoms with Crippen molar-refractivity contribution >= 4 is 40.6 Å². The molecule has 0 radical (unpaired) electrons. The van der Waals surface area contributed by atoms with Gasteiger partial charge in [0, 0.05) is 54.9 Å². The molecule has 0 bridgehead atoms. The van der Waals surface area contributed by atoms with Gasteiger partial charge in [-0.25, -0.2) is 9.97 Å². The second kappa shape index (κ2) is 9.10. The van der Waals surface area contributed by atoms with Crippen LogP contribution in [0, 0.1) is 10.8 Å². The van der Waals surface area contributed by atoms with E-state index in [-0.39, 0.29) is 29.0 Å². The van der Waals surface area contributed by atoms with Gasteiger partial charge in [0.25, 0.3) is 11.8 Å². The van der Waals surface area contributed by atoms with Crippen LogP contribution >= 0.6 is 0 Å². The summed E-state index contributed by atoms with van der Waals surface area (Å²) in [6.07, 6.45) is 4.56. The highest BCUT2D eigenvalue weighted by Gasteiger charge is 2.29. The lowest BCUT2D eigenvalue weighted by molar-refractivity contribution is 0.0903. The summed E-state index contributed by atoms with van der Waals surface area (Å²) < 4.78 is 7.28. The molecule has 3 aromatic rings. The molecule has 0 saturated carbocycles. The molecule has 2 amide bonds. The Labute approximate surface area is 203 Å². The number of anilines is 2. The largest absolute Gasteiger partial charge is 0.381 e. The van der Waals surface area contributed by atoms with Crippen LogP contribution in [-0.4, -0.2) is 58.4 Å². The number of ether oxygens (including phenoxy) is 1. The number of pyridine rings is 2. The minimum absolute atomic E-state index is 0.140. The maximum absolute atomic E-state index is 13.0. The lowest BCUT2D eigenvalue weighted by atomic mass is 9.94. The number of carbonyl (C=O) groups is 2. The molecule has 10 nitrogen and oxygen atoms in total. The molecule has 182 valence electrons. The number of nitrogens with one attached hydrogen (secondary N) is 4. The highest BCUT2D eigenvalue weighted by atomic mass is 16.5. The summed E-state index contributed by atoms with van der Waals surface area (Å²) in [5, 5.41) is 17.8. The van der Waals surface area contributed by atoms with Crippen molar-refractivity contribution in [3.63, 3.8) is 0 Å².